The zero-order valence-electron chi connectivity index (χ0n) is 9.07. The summed E-state index contributed by atoms with van der Waals surface area (Å²) in [5, 5.41) is 5.12. The second-order valence-electron chi connectivity index (χ2n) is 4.19. The summed E-state index contributed by atoms with van der Waals surface area (Å²) in [4.78, 5) is 1.06. The van der Waals surface area contributed by atoms with Crippen molar-refractivity contribution >= 4 is 34.2 Å². The highest BCUT2D eigenvalue weighted by Gasteiger charge is 2.00. The van der Waals surface area contributed by atoms with Gasteiger partial charge in [0.25, 0.3) is 0 Å². The molecule has 0 nitrogen and oxygen atoms in total. The Morgan fingerprint density at radius 3 is 1.94 bits per heavy atom. The molecule has 16 heavy (non-hydrogen) atoms. The fraction of sp³-hybridized carbons (Fsp3) is 0.0667. The fourth-order valence-corrected chi connectivity index (χ4v) is 2.30. The Morgan fingerprint density at radius 1 is 0.750 bits per heavy atom. The SMILES string of the molecule is Cc1cc2cc3ccccc3cc2cc1S. The number of thiol groups is 1. The molecule has 3 aromatic rings. The van der Waals surface area contributed by atoms with Gasteiger partial charge in [-0.2, -0.15) is 0 Å². The highest BCUT2D eigenvalue weighted by atomic mass is 32.1. The van der Waals surface area contributed by atoms with Crippen LogP contribution in [0.4, 0.5) is 0 Å². The number of fused-ring (bicyclic) bond motifs is 2. The molecule has 3 rings (SSSR count). The maximum atomic E-state index is 4.47. The van der Waals surface area contributed by atoms with Crippen molar-refractivity contribution in [1.82, 2.24) is 0 Å². The lowest BCUT2D eigenvalue weighted by Gasteiger charge is -2.05. The molecule has 0 aromatic heterocycles. The minimum atomic E-state index is 1.06. The predicted molar refractivity (Wildman–Crippen MR) is 73.4 cm³/mol. The van der Waals surface area contributed by atoms with Crippen LogP contribution in [0.1, 0.15) is 5.56 Å². The van der Waals surface area contributed by atoms with Crippen molar-refractivity contribution in [2.75, 3.05) is 0 Å². The molecule has 0 aliphatic rings. The molecule has 3 aromatic carbocycles. The lowest BCUT2D eigenvalue weighted by atomic mass is 10.0. The van der Waals surface area contributed by atoms with Crippen molar-refractivity contribution in [3.63, 3.8) is 0 Å². The molecule has 0 unspecified atom stereocenters. The number of benzene rings is 3. The Balaban J connectivity index is 2.46. The summed E-state index contributed by atoms with van der Waals surface area (Å²) < 4.78 is 0. The zero-order valence-corrected chi connectivity index (χ0v) is 9.96. The fourth-order valence-electron chi connectivity index (χ4n) is 2.09. The van der Waals surface area contributed by atoms with Crippen LogP contribution in [0.15, 0.2) is 53.4 Å². The molecule has 0 atom stereocenters. The lowest BCUT2D eigenvalue weighted by Crippen LogP contribution is -1.80. The Labute approximate surface area is 100 Å². The molecule has 1 heteroatoms. The second kappa shape index (κ2) is 3.53. The molecular formula is C15H12S. The van der Waals surface area contributed by atoms with Crippen LogP contribution in [0.25, 0.3) is 21.5 Å². The summed E-state index contributed by atoms with van der Waals surface area (Å²) >= 11 is 4.47. The van der Waals surface area contributed by atoms with Crippen LogP contribution in [0, 0.1) is 6.92 Å². The first-order valence-electron chi connectivity index (χ1n) is 5.36. The van der Waals surface area contributed by atoms with Gasteiger partial charge in [-0.15, -0.1) is 12.6 Å². The maximum absolute atomic E-state index is 4.47. The Kier molecular flexibility index (Phi) is 2.15. The van der Waals surface area contributed by atoms with E-state index in [4.69, 9.17) is 0 Å². The number of aryl methyl sites for hydroxylation is 1. The molecule has 0 saturated carbocycles. The third kappa shape index (κ3) is 1.48. The van der Waals surface area contributed by atoms with E-state index >= 15 is 0 Å². The van der Waals surface area contributed by atoms with Crippen molar-refractivity contribution in [3.05, 3.63) is 54.1 Å². The van der Waals surface area contributed by atoms with Crippen LogP contribution < -0.4 is 0 Å². The van der Waals surface area contributed by atoms with E-state index in [0.717, 1.165) is 4.90 Å². The standard InChI is InChI=1S/C15H12S/c1-10-6-13-7-11-4-2-3-5-12(11)8-14(13)9-15(10)16/h2-9,16H,1H3. The van der Waals surface area contributed by atoms with Crippen LogP contribution in [0.3, 0.4) is 0 Å². The summed E-state index contributed by atoms with van der Waals surface area (Å²) in [5.74, 6) is 0. The monoisotopic (exact) mass is 224 g/mol. The molecule has 0 amide bonds. The smallest absolute Gasteiger partial charge is 0.00756 e. The quantitative estimate of drug-likeness (QED) is 0.419. The number of hydrogen-bond acceptors (Lipinski definition) is 1. The highest BCUT2D eigenvalue weighted by molar-refractivity contribution is 7.80. The lowest BCUT2D eigenvalue weighted by molar-refractivity contribution is 1.34. The van der Waals surface area contributed by atoms with Crippen molar-refractivity contribution in [2.45, 2.75) is 11.8 Å². The van der Waals surface area contributed by atoms with Crippen molar-refractivity contribution < 1.29 is 0 Å². The van der Waals surface area contributed by atoms with E-state index < -0.39 is 0 Å². The van der Waals surface area contributed by atoms with Gasteiger partial charge in [-0.25, -0.2) is 0 Å². The molecule has 0 bridgehead atoms. The molecule has 0 aliphatic heterocycles. The molecule has 0 N–H and O–H groups in total. The van der Waals surface area contributed by atoms with Crippen LogP contribution in [0.5, 0.6) is 0 Å². The zero-order chi connectivity index (χ0) is 11.1. The van der Waals surface area contributed by atoms with Gasteiger partial charge in [0.15, 0.2) is 0 Å². The molecule has 78 valence electrons. The summed E-state index contributed by atoms with van der Waals surface area (Å²) in [5.41, 5.74) is 1.23. The van der Waals surface area contributed by atoms with E-state index in [0.29, 0.717) is 0 Å². The van der Waals surface area contributed by atoms with E-state index in [1.807, 2.05) is 0 Å². The molecule has 0 spiro atoms. The van der Waals surface area contributed by atoms with Gasteiger partial charge < -0.3 is 0 Å². The van der Waals surface area contributed by atoms with Crippen LogP contribution in [-0.4, -0.2) is 0 Å². The van der Waals surface area contributed by atoms with Gasteiger partial charge in [0, 0.05) is 4.90 Å². The van der Waals surface area contributed by atoms with Crippen LogP contribution >= 0.6 is 12.6 Å². The van der Waals surface area contributed by atoms with Gasteiger partial charge in [0.2, 0.25) is 0 Å². The predicted octanol–water partition coefficient (Wildman–Crippen LogP) is 4.59. The van der Waals surface area contributed by atoms with Crippen molar-refractivity contribution in [1.29, 1.82) is 0 Å². The van der Waals surface area contributed by atoms with Crippen molar-refractivity contribution in [3.8, 4) is 0 Å². The maximum Gasteiger partial charge on any atom is 0.00756 e. The van der Waals surface area contributed by atoms with Gasteiger partial charge >= 0.3 is 0 Å². The van der Waals surface area contributed by atoms with E-state index in [2.05, 4.69) is 68.1 Å². The highest BCUT2D eigenvalue weighted by Crippen LogP contribution is 2.26. The molecular weight excluding hydrogens is 212 g/mol. The van der Waals surface area contributed by atoms with Gasteiger partial charge in [-0.3, -0.25) is 0 Å². The van der Waals surface area contributed by atoms with E-state index in [1.54, 1.807) is 0 Å². The van der Waals surface area contributed by atoms with Gasteiger partial charge in [0.1, 0.15) is 0 Å². The summed E-state index contributed by atoms with van der Waals surface area (Å²) in [7, 11) is 0. The van der Waals surface area contributed by atoms with Crippen LogP contribution in [0.2, 0.25) is 0 Å². The second-order valence-corrected chi connectivity index (χ2v) is 4.67. The Bertz CT molecular complexity index is 623. The minimum absolute atomic E-state index is 1.06. The molecule has 0 heterocycles. The minimum Gasteiger partial charge on any atom is -0.143 e. The first kappa shape index (κ1) is 9.73. The normalized spacial score (nSPS) is 11.1. The average molecular weight is 224 g/mol. The first-order chi connectivity index (χ1) is 7.74. The van der Waals surface area contributed by atoms with Gasteiger partial charge in [0.05, 0.1) is 0 Å². The Morgan fingerprint density at radius 2 is 1.31 bits per heavy atom. The molecule has 0 aliphatic carbocycles. The molecule has 0 fully saturated rings. The summed E-state index contributed by atoms with van der Waals surface area (Å²) in [6.45, 7) is 2.09. The average Bonchev–Trinajstić information content (AvgIpc) is 2.28. The molecule has 0 saturated heterocycles. The molecule has 0 radical (unpaired) electrons. The van der Waals surface area contributed by atoms with Gasteiger partial charge in [-0.05, 0) is 52.2 Å². The third-order valence-electron chi connectivity index (χ3n) is 3.02. The summed E-state index contributed by atoms with van der Waals surface area (Å²) in [6.07, 6.45) is 0. The van der Waals surface area contributed by atoms with E-state index in [1.165, 1.54) is 27.1 Å². The number of rotatable bonds is 0. The van der Waals surface area contributed by atoms with Gasteiger partial charge in [-0.1, -0.05) is 30.3 Å². The Hall–Kier alpha value is -1.47. The summed E-state index contributed by atoms with van der Waals surface area (Å²) in [6, 6.07) is 17.3. The third-order valence-corrected chi connectivity index (χ3v) is 3.50. The van der Waals surface area contributed by atoms with Crippen molar-refractivity contribution in [2.24, 2.45) is 0 Å². The topological polar surface area (TPSA) is 0 Å². The first-order valence-corrected chi connectivity index (χ1v) is 5.81. The van der Waals surface area contributed by atoms with E-state index in [-0.39, 0.29) is 0 Å². The number of hydrogen-bond donors (Lipinski definition) is 1. The largest absolute Gasteiger partial charge is 0.143 e. The van der Waals surface area contributed by atoms with E-state index in [9.17, 15) is 0 Å². The van der Waals surface area contributed by atoms with Crippen LogP contribution in [-0.2, 0) is 0 Å².